The van der Waals surface area contributed by atoms with Gasteiger partial charge in [0.15, 0.2) is 11.9 Å². The monoisotopic (exact) mass is 491 g/mol. The Balaban J connectivity index is 1.69. The molecule has 0 fully saturated rings. The molecule has 0 spiro atoms. The van der Waals surface area contributed by atoms with E-state index in [1.165, 1.54) is 28.7 Å². The number of rotatable bonds is 9. The Hall–Kier alpha value is -3.77. The Labute approximate surface area is 197 Å². The molecule has 1 amide bonds. The molecule has 3 heterocycles. The number of hydrogen-bond donors (Lipinski definition) is 3. The molecule has 3 aromatic heterocycles. The number of fused-ring (bicyclic) bond motifs is 1. The van der Waals surface area contributed by atoms with Gasteiger partial charge in [0.05, 0.1) is 31.1 Å². The van der Waals surface area contributed by atoms with Crippen molar-refractivity contribution in [2.24, 2.45) is 0 Å². The Morgan fingerprint density at radius 2 is 2.18 bits per heavy atom. The van der Waals surface area contributed by atoms with Crippen molar-refractivity contribution in [2.45, 2.75) is 19.2 Å². The highest BCUT2D eigenvalue weighted by Gasteiger charge is 2.21. The lowest BCUT2D eigenvalue weighted by Crippen LogP contribution is -2.31. The quantitative estimate of drug-likeness (QED) is 0.308. The van der Waals surface area contributed by atoms with E-state index in [0.29, 0.717) is 38.9 Å². The van der Waals surface area contributed by atoms with Crippen molar-refractivity contribution < 1.29 is 23.4 Å². The van der Waals surface area contributed by atoms with Crippen LogP contribution in [0.3, 0.4) is 0 Å². The summed E-state index contributed by atoms with van der Waals surface area (Å²) in [6.07, 6.45) is 2.31. The van der Waals surface area contributed by atoms with E-state index in [1.54, 1.807) is 36.7 Å². The predicted molar refractivity (Wildman–Crippen MR) is 120 cm³/mol. The summed E-state index contributed by atoms with van der Waals surface area (Å²) in [5, 5.41) is 25.0. The molecular formula is C21H20ClF2N7O3. The molecule has 10 nitrogen and oxygen atoms in total. The first kappa shape index (κ1) is 23.4. The summed E-state index contributed by atoms with van der Waals surface area (Å²) in [6, 6.07) is 6.63. The summed E-state index contributed by atoms with van der Waals surface area (Å²) < 4.78 is 33.0. The van der Waals surface area contributed by atoms with Crippen LogP contribution in [0.1, 0.15) is 11.8 Å². The second kappa shape index (κ2) is 10.0. The molecule has 3 N–H and O–H groups in total. The number of methoxy groups -OCH3 is 1. The molecule has 0 aliphatic carbocycles. The van der Waals surface area contributed by atoms with Crippen LogP contribution in [0.4, 0.5) is 14.5 Å². The van der Waals surface area contributed by atoms with Gasteiger partial charge in [-0.25, -0.2) is 18.3 Å². The number of carbonyl (C=O) groups is 1. The highest BCUT2D eigenvalue weighted by atomic mass is 35.5. The van der Waals surface area contributed by atoms with Gasteiger partial charge < -0.3 is 20.5 Å². The normalized spacial score (nSPS) is 12.2. The molecule has 13 heteroatoms. The molecule has 1 atom stereocenters. The number of amides is 1. The van der Waals surface area contributed by atoms with Crippen molar-refractivity contribution in [3.63, 3.8) is 0 Å². The van der Waals surface area contributed by atoms with Gasteiger partial charge in [-0.2, -0.15) is 10.2 Å². The van der Waals surface area contributed by atoms with E-state index in [2.05, 4.69) is 25.8 Å². The zero-order chi connectivity index (χ0) is 24.2. The van der Waals surface area contributed by atoms with Crippen LogP contribution in [0.2, 0.25) is 5.02 Å². The number of benzene rings is 1. The molecule has 4 aromatic rings. The fraction of sp³-hybridized carbons (Fsp3) is 0.238. The number of anilines is 1. The van der Waals surface area contributed by atoms with E-state index in [1.807, 2.05) is 0 Å². The number of aliphatic hydroxyl groups is 1. The standard InChI is InChI=1S/C21H20ClF2N7O3/c1-34-16-4-3-12(22)7-13(16)19-15(10-30(29-19)11-18(32)26-9-17(23)24)28-21(33)14-8-27-31-6-2-5-25-20(14)31/h2-8,10,17,21,28,33H,9,11H2,1H3,(H,26,32). The summed E-state index contributed by atoms with van der Waals surface area (Å²) >= 11 is 6.18. The average Bonchev–Trinajstić information content (AvgIpc) is 3.41. The molecule has 0 radical (unpaired) electrons. The fourth-order valence-corrected chi connectivity index (χ4v) is 3.50. The zero-order valence-electron chi connectivity index (χ0n) is 17.8. The molecule has 0 saturated carbocycles. The number of nitrogens with zero attached hydrogens (tertiary/aromatic N) is 5. The Kier molecular flexibility index (Phi) is 6.89. The number of carbonyl (C=O) groups excluding carboxylic acids is 1. The first-order valence-electron chi connectivity index (χ1n) is 10.0. The maximum atomic E-state index is 12.4. The van der Waals surface area contributed by atoms with Crippen LogP contribution in [0, 0.1) is 0 Å². The first-order chi connectivity index (χ1) is 16.4. The highest BCUT2D eigenvalue weighted by molar-refractivity contribution is 6.31. The lowest BCUT2D eigenvalue weighted by atomic mass is 10.1. The smallest absolute Gasteiger partial charge is 0.255 e. The molecule has 0 aliphatic rings. The topological polar surface area (TPSA) is 119 Å². The van der Waals surface area contributed by atoms with Crippen molar-refractivity contribution in [1.82, 2.24) is 29.7 Å². The lowest BCUT2D eigenvalue weighted by Gasteiger charge is -2.14. The molecule has 34 heavy (non-hydrogen) atoms. The van der Waals surface area contributed by atoms with Crippen molar-refractivity contribution in [3.05, 3.63) is 59.6 Å². The minimum Gasteiger partial charge on any atom is -0.496 e. The number of nitrogens with one attached hydrogen (secondary N) is 2. The Morgan fingerprint density at radius 1 is 1.35 bits per heavy atom. The summed E-state index contributed by atoms with van der Waals surface area (Å²) in [5.74, 6) is -0.196. The van der Waals surface area contributed by atoms with Crippen molar-refractivity contribution in [1.29, 1.82) is 0 Å². The minimum atomic E-state index is -2.67. The van der Waals surface area contributed by atoms with E-state index < -0.39 is 25.1 Å². The highest BCUT2D eigenvalue weighted by Crippen LogP contribution is 2.37. The SMILES string of the molecule is COc1ccc(Cl)cc1-c1nn(CC(=O)NCC(F)F)cc1NC(O)c1cnn2cccnc12. The van der Waals surface area contributed by atoms with E-state index in [9.17, 15) is 18.7 Å². The third-order valence-electron chi connectivity index (χ3n) is 4.83. The van der Waals surface area contributed by atoms with E-state index >= 15 is 0 Å². The van der Waals surface area contributed by atoms with Gasteiger partial charge in [-0.15, -0.1) is 0 Å². The lowest BCUT2D eigenvalue weighted by molar-refractivity contribution is -0.122. The van der Waals surface area contributed by atoms with Crippen molar-refractivity contribution in [2.75, 3.05) is 19.0 Å². The van der Waals surface area contributed by atoms with E-state index in [0.717, 1.165) is 0 Å². The second-order valence-corrected chi connectivity index (χ2v) is 7.60. The number of ether oxygens (including phenoxy) is 1. The molecule has 178 valence electrons. The van der Waals surface area contributed by atoms with Gasteiger partial charge in [0, 0.05) is 29.2 Å². The summed E-state index contributed by atoms with van der Waals surface area (Å²) in [7, 11) is 1.48. The third-order valence-corrected chi connectivity index (χ3v) is 5.07. The summed E-state index contributed by atoms with van der Waals surface area (Å²) in [4.78, 5) is 16.3. The zero-order valence-corrected chi connectivity index (χ0v) is 18.6. The fourth-order valence-electron chi connectivity index (χ4n) is 3.33. The minimum absolute atomic E-state index is 0.321. The van der Waals surface area contributed by atoms with Crippen LogP contribution in [-0.2, 0) is 11.3 Å². The van der Waals surface area contributed by atoms with Crippen LogP contribution in [0.5, 0.6) is 5.75 Å². The first-order valence-corrected chi connectivity index (χ1v) is 10.4. The van der Waals surface area contributed by atoms with Gasteiger partial charge in [0.25, 0.3) is 6.43 Å². The third kappa shape index (κ3) is 5.07. The van der Waals surface area contributed by atoms with Crippen LogP contribution in [0.25, 0.3) is 16.9 Å². The van der Waals surface area contributed by atoms with Crippen molar-refractivity contribution >= 4 is 28.8 Å². The van der Waals surface area contributed by atoms with E-state index in [-0.39, 0.29) is 6.54 Å². The number of hydrogen-bond acceptors (Lipinski definition) is 7. The number of halogens is 3. The van der Waals surface area contributed by atoms with Gasteiger partial charge in [0.1, 0.15) is 18.0 Å². The van der Waals surface area contributed by atoms with Gasteiger partial charge in [0.2, 0.25) is 5.91 Å². The number of aromatic nitrogens is 5. The number of alkyl halides is 2. The molecule has 4 rings (SSSR count). The van der Waals surface area contributed by atoms with Gasteiger partial charge in [-0.1, -0.05) is 11.6 Å². The van der Waals surface area contributed by atoms with Crippen LogP contribution >= 0.6 is 11.6 Å². The Bertz CT molecular complexity index is 1310. The molecule has 0 bridgehead atoms. The molecule has 0 saturated heterocycles. The molecule has 1 unspecified atom stereocenters. The van der Waals surface area contributed by atoms with Gasteiger partial charge in [-0.05, 0) is 24.3 Å². The van der Waals surface area contributed by atoms with Crippen LogP contribution in [0.15, 0.2) is 49.1 Å². The van der Waals surface area contributed by atoms with Crippen molar-refractivity contribution in [3.8, 4) is 17.0 Å². The average molecular weight is 492 g/mol. The number of aliphatic hydroxyl groups excluding tert-OH is 1. The van der Waals surface area contributed by atoms with Crippen LogP contribution in [-0.4, -0.2) is 55.5 Å². The summed E-state index contributed by atoms with van der Waals surface area (Å²) in [6.45, 7) is -1.08. The maximum absolute atomic E-state index is 12.4. The molecule has 0 aliphatic heterocycles. The molecule has 1 aromatic carbocycles. The maximum Gasteiger partial charge on any atom is 0.255 e. The predicted octanol–water partition coefficient (Wildman–Crippen LogP) is 2.74. The van der Waals surface area contributed by atoms with E-state index in [4.69, 9.17) is 16.3 Å². The summed E-state index contributed by atoms with van der Waals surface area (Å²) in [5.41, 5.74) is 2.01. The second-order valence-electron chi connectivity index (χ2n) is 7.16. The van der Waals surface area contributed by atoms with Gasteiger partial charge in [-0.3, -0.25) is 9.48 Å². The molecular weight excluding hydrogens is 472 g/mol. The largest absolute Gasteiger partial charge is 0.496 e. The van der Waals surface area contributed by atoms with Gasteiger partial charge >= 0.3 is 0 Å². The van der Waals surface area contributed by atoms with Crippen LogP contribution < -0.4 is 15.4 Å². The Morgan fingerprint density at radius 3 is 2.94 bits per heavy atom.